The van der Waals surface area contributed by atoms with E-state index >= 15 is 0 Å². The topological polar surface area (TPSA) is 52.0 Å². The van der Waals surface area contributed by atoms with Crippen LogP contribution in [0.3, 0.4) is 0 Å². The number of hydrogen-bond donors (Lipinski definition) is 1. The number of anilines is 1. The highest BCUT2D eigenvalue weighted by Crippen LogP contribution is 2.26. The summed E-state index contributed by atoms with van der Waals surface area (Å²) in [4.78, 5) is 4.23. The van der Waals surface area contributed by atoms with Crippen LogP contribution in [0, 0.1) is 5.82 Å². The summed E-state index contributed by atoms with van der Waals surface area (Å²) >= 11 is 5.91. The maximum absolute atomic E-state index is 13.2. The smallest absolute Gasteiger partial charge is 0.199 e. The van der Waals surface area contributed by atoms with Crippen molar-refractivity contribution in [1.29, 1.82) is 0 Å². The second-order valence-corrected chi connectivity index (χ2v) is 4.67. The summed E-state index contributed by atoms with van der Waals surface area (Å²) in [6, 6.07) is 9.94. The Kier molecular flexibility index (Phi) is 2.87. The predicted molar refractivity (Wildman–Crippen MR) is 72.6 cm³/mol. The lowest BCUT2D eigenvalue weighted by molar-refractivity contribution is 0.543. The molecular formula is C14H10ClFN2O. The Morgan fingerprint density at radius 3 is 2.89 bits per heavy atom. The highest BCUT2D eigenvalue weighted by molar-refractivity contribution is 6.34. The van der Waals surface area contributed by atoms with Crippen molar-refractivity contribution in [2.75, 3.05) is 5.73 Å². The number of fused-ring (bicyclic) bond motifs is 1. The normalized spacial score (nSPS) is 11.1. The molecule has 0 unspecified atom stereocenters. The molecule has 0 aliphatic heterocycles. The van der Waals surface area contributed by atoms with Crippen molar-refractivity contribution in [2.45, 2.75) is 6.42 Å². The summed E-state index contributed by atoms with van der Waals surface area (Å²) in [7, 11) is 0. The Morgan fingerprint density at radius 2 is 2.11 bits per heavy atom. The van der Waals surface area contributed by atoms with E-state index in [9.17, 15) is 4.39 Å². The predicted octanol–water partition coefficient (Wildman–Crippen LogP) is 3.79. The van der Waals surface area contributed by atoms with Gasteiger partial charge in [-0.2, -0.15) is 0 Å². The molecule has 0 amide bonds. The molecule has 1 aromatic heterocycles. The van der Waals surface area contributed by atoms with Crippen LogP contribution in [-0.2, 0) is 6.42 Å². The summed E-state index contributed by atoms with van der Waals surface area (Å²) in [6.45, 7) is 0. The van der Waals surface area contributed by atoms with Crippen LogP contribution in [0.15, 0.2) is 40.8 Å². The molecule has 0 radical (unpaired) electrons. The van der Waals surface area contributed by atoms with E-state index in [2.05, 4.69) is 4.98 Å². The third kappa shape index (κ3) is 2.39. The third-order valence-electron chi connectivity index (χ3n) is 2.76. The first-order valence-electron chi connectivity index (χ1n) is 5.71. The molecule has 1 heterocycles. The molecule has 19 heavy (non-hydrogen) atoms. The van der Waals surface area contributed by atoms with Crippen molar-refractivity contribution in [3.05, 3.63) is 58.7 Å². The first-order valence-corrected chi connectivity index (χ1v) is 6.08. The van der Waals surface area contributed by atoms with Crippen LogP contribution >= 0.6 is 11.6 Å². The van der Waals surface area contributed by atoms with Gasteiger partial charge in [0.1, 0.15) is 11.3 Å². The van der Waals surface area contributed by atoms with Crippen molar-refractivity contribution in [2.24, 2.45) is 0 Å². The van der Waals surface area contributed by atoms with Gasteiger partial charge in [-0.05, 0) is 23.8 Å². The number of hydrogen-bond acceptors (Lipinski definition) is 3. The number of aromatic nitrogens is 1. The molecule has 3 aromatic rings. The van der Waals surface area contributed by atoms with Gasteiger partial charge < -0.3 is 10.2 Å². The van der Waals surface area contributed by atoms with E-state index < -0.39 is 5.82 Å². The molecule has 0 aliphatic rings. The number of nitrogens with zero attached hydrogens (tertiary/aromatic N) is 1. The molecule has 0 saturated carbocycles. The zero-order chi connectivity index (χ0) is 13.4. The molecule has 2 N–H and O–H groups in total. The summed E-state index contributed by atoms with van der Waals surface area (Å²) in [5, 5.41) is 0.223. The summed E-state index contributed by atoms with van der Waals surface area (Å²) in [5.74, 6) is 0.0504. The van der Waals surface area contributed by atoms with Gasteiger partial charge in [0.25, 0.3) is 0 Å². The van der Waals surface area contributed by atoms with E-state index in [1.165, 1.54) is 12.1 Å². The van der Waals surface area contributed by atoms with Crippen LogP contribution in [0.2, 0.25) is 5.02 Å². The number of nitrogen functional groups attached to an aromatic ring is 1. The Labute approximate surface area is 113 Å². The number of nitrogens with two attached hydrogens (primary N) is 1. The molecule has 0 aliphatic carbocycles. The van der Waals surface area contributed by atoms with Crippen molar-refractivity contribution >= 4 is 28.4 Å². The summed E-state index contributed by atoms with van der Waals surface area (Å²) in [5.41, 5.74) is 8.19. The fourth-order valence-electron chi connectivity index (χ4n) is 1.96. The highest BCUT2D eigenvalue weighted by Gasteiger charge is 2.11. The van der Waals surface area contributed by atoms with E-state index in [-0.39, 0.29) is 5.02 Å². The maximum Gasteiger partial charge on any atom is 0.199 e. The Bertz CT molecular complexity index is 754. The second kappa shape index (κ2) is 4.55. The molecule has 2 aromatic carbocycles. The fourth-order valence-corrected chi connectivity index (χ4v) is 2.20. The average molecular weight is 277 g/mol. The molecular weight excluding hydrogens is 267 g/mol. The lowest BCUT2D eigenvalue weighted by Crippen LogP contribution is -1.90. The molecule has 0 fully saturated rings. The fraction of sp³-hybridized carbons (Fsp3) is 0.0714. The largest absolute Gasteiger partial charge is 0.439 e. The number of oxazole rings is 1. The molecule has 0 saturated heterocycles. The first-order chi connectivity index (χ1) is 9.11. The Balaban J connectivity index is 2.00. The van der Waals surface area contributed by atoms with Gasteiger partial charge in [0.05, 0.1) is 5.02 Å². The summed E-state index contributed by atoms with van der Waals surface area (Å²) in [6.07, 6.45) is 0.484. The van der Waals surface area contributed by atoms with Crippen molar-refractivity contribution in [3.63, 3.8) is 0 Å². The molecule has 0 bridgehead atoms. The van der Waals surface area contributed by atoms with Gasteiger partial charge in [-0.15, -0.1) is 0 Å². The number of benzene rings is 2. The zero-order valence-electron chi connectivity index (χ0n) is 9.86. The third-order valence-corrected chi connectivity index (χ3v) is 3.04. The molecule has 5 heteroatoms. The molecule has 96 valence electrons. The average Bonchev–Trinajstić information content (AvgIpc) is 2.71. The van der Waals surface area contributed by atoms with E-state index in [1.54, 1.807) is 0 Å². The van der Waals surface area contributed by atoms with Crippen LogP contribution in [0.25, 0.3) is 11.1 Å². The summed E-state index contributed by atoms with van der Waals surface area (Å²) < 4.78 is 18.8. The minimum Gasteiger partial charge on any atom is -0.439 e. The zero-order valence-corrected chi connectivity index (χ0v) is 10.6. The maximum atomic E-state index is 13.2. The molecule has 3 nitrogen and oxygen atoms in total. The molecule has 3 rings (SSSR count). The van der Waals surface area contributed by atoms with E-state index in [1.807, 2.05) is 24.3 Å². The minimum atomic E-state index is -0.429. The van der Waals surface area contributed by atoms with Gasteiger partial charge in [0, 0.05) is 18.2 Å². The second-order valence-electron chi connectivity index (χ2n) is 4.27. The quantitative estimate of drug-likeness (QED) is 0.725. The Hall–Kier alpha value is -2.07. The van der Waals surface area contributed by atoms with Crippen LogP contribution in [0.5, 0.6) is 0 Å². The van der Waals surface area contributed by atoms with Crippen LogP contribution in [0.4, 0.5) is 10.1 Å². The number of rotatable bonds is 2. The Morgan fingerprint density at radius 1 is 1.26 bits per heavy atom. The van der Waals surface area contributed by atoms with E-state index in [4.69, 9.17) is 21.8 Å². The number of halogens is 2. The standard InChI is InChI=1S/C14H10ClFN2O/c15-11-6-9(16)7-12-14(11)19-13(18-12)5-8-2-1-3-10(17)4-8/h1-4,6-7H,5,17H2. The van der Waals surface area contributed by atoms with E-state index in [0.29, 0.717) is 29.1 Å². The molecule has 0 atom stereocenters. The van der Waals surface area contributed by atoms with Crippen molar-refractivity contribution in [1.82, 2.24) is 4.98 Å². The van der Waals surface area contributed by atoms with Gasteiger partial charge in [-0.3, -0.25) is 0 Å². The van der Waals surface area contributed by atoms with E-state index in [0.717, 1.165) is 5.56 Å². The monoisotopic (exact) mass is 276 g/mol. The first kappa shape index (κ1) is 12.0. The minimum absolute atomic E-state index is 0.223. The van der Waals surface area contributed by atoms with Crippen molar-refractivity contribution in [3.8, 4) is 0 Å². The lowest BCUT2D eigenvalue weighted by atomic mass is 10.1. The van der Waals surface area contributed by atoms with Gasteiger partial charge in [0.15, 0.2) is 11.5 Å². The van der Waals surface area contributed by atoms with Gasteiger partial charge in [-0.25, -0.2) is 9.37 Å². The van der Waals surface area contributed by atoms with Crippen LogP contribution < -0.4 is 5.73 Å². The van der Waals surface area contributed by atoms with Gasteiger partial charge in [-0.1, -0.05) is 23.7 Å². The van der Waals surface area contributed by atoms with Crippen molar-refractivity contribution < 1.29 is 8.81 Å². The van der Waals surface area contributed by atoms with Gasteiger partial charge >= 0.3 is 0 Å². The highest BCUT2D eigenvalue weighted by atomic mass is 35.5. The van der Waals surface area contributed by atoms with Crippen LogP contribution in [0.1, 0.15) is 11.5 Å². The van der Waals surface area contributed by atoms with Crippen LogP contribution in [-0.4, -0.2) is 4.98 Å². The lowest BCUT2D eigenvalue weighted by Gasteiger charge is -1.98. The molecule has 0 spiro atoms. The van der Waals surface area contributed by atoms with Gasteiger partial charge in [0.2, 0.25) is 0 Å². The SMILES string of the molecule is Nc1cccc(Cc2nc3cc(F)cc(Cl)c3o2)c1.